The first-order valence-corrected chi connectivity index (χ1v) is 10.7. The van der Waals surface area contributed by atoms with Crippen molar-refractivity contribution in [3.63, 3.8) is 0 Å². The van der Waals surface area contributed by atoms with E-state index in [9.17, 15) is 9.18 Å². The second-order valence-electron chi connectivity index (χ2n) is 8.02. The fourth-order valence-corrected chi connectivity index (χ4v) is 3.80. The van der Waals surface area contributed by atoms with Crippen molar-refractivity contribution in [2.45, 2.75) is 25.0 Å². The summed E-state index contributed by atoms with van der Waals surface area (Å²) in [5, 5.41) is 7.64. The number of hydrogen-bond acceptors (Lipinski definition) is 7. The Morgan fingerprint density at radius 3 is 2.67 bits per heavy atom. The number of imidazole rings is 1. The molecule has 0 spiro atoms. The second kappa shape index (κ2) is 9.88. The van der Waals surface area contributed by atoms with E-state index in [0.717, 1.165) is 12.8 Å². The molecule has 3 heterocycles. The minimum Gasteiger partial charge on any atom is -0.396 e. The highest BCUT2D eigenvalue weighted by Gasteiger charge is 2.21. The van der Waals surface area contributed by atoms with Gasteiger partial charge in [0.05, 0.1) is 17.6 Å². The van der Waals surface area contributed by atoms with Crippen LogP contribution >= 0.6 is 0 Å². The number of nitrogens with zero attached hydrogens (tertiary/aromatic N) is 3. The van der Waals surface area contributed by atoms with Gasteiger partial charge in [0.1, 0.15) is 23.4 Å². The number of amides is 1. The van der Waals surface area contributed by atoms with Crippen LogP contribution in [0, 0.1) is 5.82 Å². The van der Waals surface area contributed by atoms with Crippen LogP contribution in [0.4, 0.5) is 4.39 Å². The van der Waals surface area contributed by atoms with Gasteiger partial charge in [-0.25, -0.2) is 15.2 Å². The number of nitrogens with two attached hydrogens (primary N) is 2. The molecule has 174 valence electrons. The van der Waals surface area contributed by atoms with Gasteiger partial charge in [0, 0.05) is 38.7 Å². The van der Waals surface area contributed by atoms with Crippen molar-refractivity contribution in [3.8, 4) is 0 Å². The summed E-state index contributed by atoms with van der Waals surface area (Å²) in [6.07, 6.45) is 10.2. The number of carbonyl (C=O) groups excluding carboxylic acids is 1. The lowest BCUT2D eigenvalue weighted by atomic mass is 10.1. The van der Waals surface area contributed by atoms with Gasteiger partial charge in [-0.15, -0.1) is 0 Å². The molecule has 9 nitrogen and oxygen atoms in total. The summed E-state index contributed by atoms with van der Waals surface area (Å²) in [5.74, 6) is 5.58. The molecule has 6 N–H and O–H groups in total. The number of carbonyl (C=O) groups is 1. The molecule has 0 aliphatic carbocycles. The highest BCUT2D eigenvalue weighted by atomic mass is 19.1. The van der Waals surface area contributed by atoms with E-state index >= 15 is 0 Å². The third-order valence-corrected chi connectivity index (χ3v) is 5.61. The van der Waals surface area contributed by atoms with E-state index in [4.69, 9.17) is 16.3 Å². The van der Waals surface area contributed by atoms with Crippen LogP contribution in [-0.4, -0.2) is 46.8 Å². The molecular weight excluding hydrogens is 425 g/mol. The molecule has 2 aliphatic heterocycles. The van der Waals surface area contributed by atoms with Crippen molar-refractivity contribution < 1.29 is 13.9 Å². The minimum atomic E-state index is -0.345. The van der Waals surface area contributed by atoms with Crippen LogP contribution in [0.15, 0.2) is 60.7 Å². The van der Waals surface area contributed by atoms with Crippen LogP contribution in [0.2, 0.25) is 0 Å². The van der Waals surface area contributed by atoms with Crippen molar-refractivity contribution in [3.05, 3.63) is 77.8 Å². The Morgan fingerprint density at radius 1 is 1.30 bits per heavy atom. The zero-order valence-electron chi connectivity index (χ0n) is 18.4. The predicted octanol–water partition coefficient (Wildman–Crippen LogP) is 1.45. The van der Waals surface area contributed by atoms with E-state index in [1.54, 1.807) is 44.0 Å². The summed E-state index contributed by atoms with van der Waals surface area (Å²) in [6, 6.07) is 6.00. The third kappa shape index (κ3) is 5.24. The van der Waals surface area contributed by atoms with E-state index < -0.39 is 0 Å². The summed E-state index contributed by atoms with van der Waals surface area (Å²) in [4.78, 5) is 17.0. The Bertz CT molecular complexity index is 1080. The number of aromatic nitrogens is 2. The number of rotatable bonds is 6. The lowest BCUT2D eigenvalue weighted by molar-refractivity contribution is -0.118. The first kappa shape index (κ1) is 22.6. The SMILES string of the molecule is CN(N)/C(=C(\N)c1ccc(F)cc1)c1cn(C2C=CC(C(=O)NC3CCOCC3)=CN2)cn1. The summed E-state index contributed by atoms with van der Waals surface area (Å²) in [6.45, 7) is 1.34. The fraction of sp³-hybridized carbons (Fsp3) is 0.304. The molecule has 1 aromatic heterocycles. The maximum Gasteiger partial charge on any atom is 0.252 e. The predicted molar refractivity (Wildman–Crippen MR) is 123 cm³/mol. The number of hydrazine groups is 1. The molecule has 1 unspecified atom stereocenters. The van der Waals surface area contributed by atoms with Crippen molar-refractivity contribution in [1.82, 2.24) is 25.2 Å². The van der Waals surface area contributed by atoms with Crippen LogP contribution in [0.1, 0.15) is 30.3 Å². The summed E-state index contributed by atoms with van der Waals surface area (Å²) >= 11 is 0. The van der Waals surface area contributed by atoms with Gasteiger partial charge in [-0.1, -0.05) is 0 Å². The van der Waals surface area contributed by atoms with E-state index in [2.05, 4.69) is 15.6 Å². The number of hydrogen-bond donors (Lipinski definition) is 4. The molecule has 4 rings (SSSR count). The number of nitrogens with one attached hydrogen (secondary N) is 2. The Balaban J connectivity index is 1.47. The van der Waals surface area contributed by atoms with Crippen LogP contribution in [-0.2, 0) is 9.53 Å². The molecule has 1 saturated heterocycles. The van der Waals surface area contributed by atoms with Gasteiger partial charge >= 0.3 is 0 Å². The molecule has 1 aromatic carbocycles. The zero-order valence-corrected chi connectivity index (χ0v) is 18.4. The van der Waals surface area contributed by atoms with E-state index in [1.807, 2.05) is 10.6 Å². The molecule has 10 heteroatoms. The molecule has 2 aromatic rings. The van der Waals surface area contributed by atoms with Crippen LogP contribution in [0.3, 0.4) is 0 Å². The normalized spacial score (nSPS) is 19.4. The van der Waals surface area contributed by atoms with Crippen molar-refractivity contribution >= 4 is 17.3 Å². The van der Waals surface area contributed by atoms with Gasteiger partial charge in [-0.2, -0.15) is 0 Å². The van der Waals surface area contributed by atoms with Gasteiger partial charge in [0.2, 0.25) is 0 Å². The van der Waals surface area contributed by atoms with E-state index in [1.165, 1.54) is 17.1 Å². The quantitative estimate of drug-likeness (QED) is 0.386. The molecule has 0 radical (unpaired) electrons. The average Bonchev–Trinajstić information content (AvgIpc) is 3.29. The Labute approximate surface area is 191 Å². The zero-order chi connectivity index (χ0) is 23.4. The van der Waals surface area contributed by atoms with Gasteiger partial charge in [-0.3, -0.25) is 4.79 Å². The number of ether oxygens (including phenoxy) is 1. The standard InChI is InChI=1S/C23H28FN7O2/c1-30(26)22(21(25)15-2-5-17(24)6-3-15)19-13-31(14-28-19)20-7-4-16(12-27-20)23(32)29-18-8-10-33-11-9-18/h2-7,12-14,18,20,27H,8-11,25-26H2,1H3,(H,29,32)/b22-21-. The first-order valence-electron chi connectivity index (χ1n) is 10.7. The first-order chi connectivity index (χ1) is 15.9. The highest BCUT2D eigenvalue weighted by molar-refractivity contribution is 5.96. The topological polar surface area (TPSA) is 123 Å². The number of halogens is 1. The molecule has 1 amide bonds. The molecule has 0 bridgehead atoms. The van der Waals surface area contributed by atoms with Crippen LogP contribution in [0.5, 0.6) is 0 Å². The third-order valence-electron chi connectivity index (χ3n) is 5.61. The van der Waals surface area contributed by atoms with Gasteiger partial charge < -0.3 is 30.7 Å². The van der Waals surface area contributed by atoms with Crippen molar-refractivity contribution in [1.29, 1.82) is 0 Å². The fourth-order valence-electron chi connectivity index (χ4n) is 3.80. The maximum atomic E-state index is 13.3. The molecule has 1 fully saturated rings. The molecule has 2 aliphatic rings. The maximum absolute atomic E-state index is 13.3. The monoisotopic (exact) mass is 453 g/mol. The van der Waals surface area contributed by atoms with E-state index in [-0.39, 0.29) is 23.9 Å². The molecule has 1 atom stereocenters. The van der Waals surface area contributed by atoms with Crippen molar-refractivity contribution in [2.75, 3.05) is 20.3 Å². The van der Waals surface area contributed by atoms with Gasteiger partial charge in [-0.05, 0) is 54.8 Å². The van der Waals surface area contributed by atoms with E-state index in [0.29, 0.717) is 41.4 Å². The highest BCUT2D eigenvalue weighted by Crippen LogP contribution is 2.24. The largest absolute Gasteiger partial charge is 0.396 e. The van der Waals surface area contributed by atoms with Gasteiger partial charge in [0.15, 0.2) is 0 Å². The smallest absolute Gasteiger partial charge is 0.252 e. The summed E-state index contributed by atoms with van der Waals surface area (Å²) < 4.78 is 20.5. The average molecular weight is 454 g/mol. The van der Waals surface area contributed by atoms with Gasteiger partial charge in [0.25, 0.3) is 5.91 Å². The second-order valence-corrected chi connectivity index (χ2v) is 8.02. The Hall–Kier alpha value is -3.63. The van der Waals surface area contributed by atoms with Crippen LogP contribution < -0.4 is 22.2 Å². The number of dihydropyridines is 1. The number of benzene rings is 1. The molecule has 0 saturated carbocycles. The lowest BCUT2D eigenvalue weighted by Crippen LogP contribution is -2.40. The Morgan fingerprint density at radius 2 is 2.03 bits per heavy atom. The lowest BCUT2D eigenvalue weighted by Gasteiger charge is -2.24. The Kier molecular flexibility index (Phi) is 6.76. The molecule has 33 heavy (non-hydrogen) atoms. The molecular formula is C23H28FN7O2. The summed E-state index contributed by atoms with van der Waals surface area (Å²) in [5.41, 5.74) is 8.97. The van der Waals surface area contributed by atoms with Crippen molar-refractivity contribution in [2.24, 2.45) is 11.6 Å². The minimum absolute atomic E-state index is 0.113. The van der Waals surface area contributed by atoms with Crippen LogP contribution in [0.25, 0.3) is 11.4 Å². The summed E-state index contributed by atoms with van der Waals surface area (Å²) in [7, 11) is 1.66.